The lowest BCUT2D eigenvalue weighted by Crippen LogP contribution is -2.46. The number of methoxy groups -OCH3 is 1. The van der Waals surface area contributed by atoms with E-state index in [9.17, 15) is 24.0 Å². The third-order valence-electron chi connectivity index (χ3n) is 7.49. The molecule has 1 aliphatic rings. The van der Waals surface area contributed by atoms with E-state index in [0.717, 1.165) is 12.8 Å². The fourth-order valence-electron chi connectivity index (χ4n) is 5.58. The van der Waals surface area contributed by atoms with Gasteiger partial charge in [-0.15, -0.1) is 0 Å². The Hall–Kier alpha value is -4.93. The van der Waals surface area contributed by atoms with Gasteiger partial charge in [0, 0.05) is 30.0 Å². The molecular weight excluding hydrogens is 540 g/mol. The zero-order valence-electron chi connectivity index (χ0n) is 23.4. The fraction of sp³-hybridized carbons (Fsp3) is 0.323. The predicted octanol–water partition coefficient (Wildman–Crippen LogP) is 3.09. The highest BCUT2D eigenvalue weighted by atomic mass is 16.5. The Labute approximate surface area is 241 Å². The van der Waals surface area contributed by atoms with Gasteiger partial charge in [0.05, 0.1) is 24.7 Å². The number of aromatic nitrogens is 2. The molecule has 2 aromatic carbocycles. The van der Waals surface area contributed by atoms with Gasteiger partial charge in [-0.3, -0.25) is 28.5 Å². The molecule has 1 aliphatic carbocycles. The quantitative estimate of drug-likeness (QED) is 0.206. The summed E-state index contributed by atoms with van der Waals surface area (Å²) in [5, 5.41) is 6.71. The summed E-state index contributed by atoms with van der Waals surface area (Å²) in [6.45, 7) is 0.708. The summed E-state index contributed by atoms with van der Waals surface area (Å²) in [6, 6.07) is 15.5. The molecule has 2 unspecified atom stereocenters. The molecule has 2 heterocycles. The second kappa shape index (κ2) is 12.3. The number of fused-ring (bicyclic) bond motifs is 3. The Kier molecular flexibility index (Phi) is 8.37. The Bertz CT molecular complexity index is 1720. The summed E-state index contributed by atoms with van der Waals surface area (Å²) in [6.07, 6.45) is 2.72. The number of ketones is 1. The topological polar surface area (TPSA) is 149 Å². The van der Waals surface area contributed by atoms with E-state index in [0.29, 0.717) is 34.8 Å². The molecule has 0 saturated heterocycles. The van der Waals surface area contributed by atoms with Crippen molar-refractivity contribution in [3.8, 4) is 5.75 Å². The Morgan fingerprint density at radius 2 is 1.67 bits per heavy atom. The van der Waals surface area contributed by atoms with Gasteiger partial charge >= 0.3 is 5.97 Å². The minimum atomic E-state index is -0.534. The van der Waals surface area contributed by atoms with Crippen LogP contribution in [0.15, 0.2) is 59.4 Å². The molecule has 4 aromatic rings. The van der Waals surface area contributed by atoms with E-state index in [4.69, 9.17) is 9.47 Å². The summed E-state index contributed by atoms with van der Waals surface area (Å²) < 4.78 is 11.8. The van der Waals surface area contributed by atoms with Crippen molar-refractivity contribution < 1.29 is 28.7 Å². The maximum absolute atomic E-state index is 13.9. The molecule has 218 valence electrons. The lowest BCUT2D eigenvalue weighted by Gasteiger charge is -2.30. The molecule has 3 N–H and O–H groups in total. The molecule has 0 aliphatic heterocycles. The summed E-state index contributed by atoms with van der Waals surface area (Å²) in [4.78, 5) is 66.7. The predicted molar refractivity (Wildman–Crippen MR) is 156 cm³/mol. The normalized spacial score (nSPS) is 16.6. The number of nitrogens with one attached hydrogen (secondary N) is 3. The van der Waals surface area contributed by atoms with Crippen molar-refractivity contribution in [1.82, 2.24) is 20.2 Å². The summed E-state index contributed by atoms with van der Waals surface area (Å²) >= 11 is 0. The van der Waals surface area contributed by atoms with Crippen molar-refractivity contribution >= 4 is 45.4 Å². The first-order chi connectivity index (χ1) is 20.3. The number of H-pyrrole nitrogens is 1. The molecular formula is C31H32N4O7. The first-order valence-electron chi connectivity index (χ1n) is 13.8. The minimum Gasteiger partial charge on any atom is -0.493 e. The molecule has 11 nitrogen and oxygen atoms in total. The van der Waals surface area contributed by atoms with E-state index >= 15 is 0 Å². The maximum atomic E-state index is 13.9. The van der Waals surface area contributed by atoms with Crippen LogP contribution in [0.3, 0.4) is 0 Å². The largest absolute Gasteiger partial charge is 0.493 e. The highest BCUT2D eigenvalue weighted by molar-refractivity contribution is 6.11. The standard InChI is InChI=1S/C31H32N4O7/c1-18(36)42-17-25(38)32-20-11-8-12-21(15-20)33-30(39)28-29(41-2)26-27(34-28)22-13-6-7-14-23(22)35(31(26)40)16-24(37)19-9-4-3-5-10-19/h3-7,9-10,13-14,20-21,34H,8,11-12,15-17H2,1-2H3,(H,32,38)(H,33,39). The van der Waals surface area contributed by atoms with Crippen LogP contribution in [0.25, 0.3) is 21.8 Å². The van der Waals surface area contributed by atoms with Crippen molar-refractivity contribution in [2.45, 2.75) is 51.2 Å². The molecule has 0 bridgehead atoms. The van der Waals surface area contributed by atoms with E-state index in [1.54, 1.807) is 36.4 Å². The van der Waals surface area contributed by atoms with Crippen LogP contribution in [0.5, 0.6) is 5.75 Å². The van der Waals surface area contributed by atoms with Crippen molar-refractivity contribution in [1.29, 1.82) is 0 Å². The SMILES string of the molecule is COc1c(C(=O)NC2CCCC(NC(=O)COC(C)=O)C2)[nH]c2c1c(=O)n(CC(=O)c1ccccc1)c1ccccc21. The van der Waals surface area contributed by atoms with Gasteiger partial charge in [0.15, 0.2) is 18.1 Å². The molecule has 0 spiro atoms. The number of amides is 2. The Balaban J connectivity index is 1.43. The number of para-hydroxylation sites is 1. The monoisotopic (exact) mass is 572 g/mol. The number of Topliss-reactive ketones (excluding diaryl/α,β-unsaturated/α-hetero) is 1. The average Bonchev–Trinajstić information content (AvgIpc) is 3.39. The zero-order valence-corrected chi connectivity index (χ0v) is 23.4. The van der Waals surface area contributed by atoms with Gasteiger partial charge in [0.2, 0.25) is 0 Å². The first-order valence-corrected chi connectivity index (χ1v) is 13.8. The van der Waals surface area contributed by atoms with Gasteiger partial charge in [-0.2, -0.15) is 0 Å². The number of hydrogen-bond acceptors (Lipinski definition) is 7. The third kappa shape index (κ3) is 5.90. The summed E-state index contributed by atoms with van der Waals surface area (Å²) in [7, 11) is 1.39. The lowest BCUT2D eigenvalue weighted by atomic mass is 9.91. The number of benzene rings is 2. The van der Waals surface area contributed by atoms with Gasteiger partial charge in [-0.05, 0) is 31.7 Å². The van der Waals surface area contributed by atoms with Crippen LogP contribution in [-0.2, 0) is 20.9 Å². The van der Waals surface area contributed by atoms with Crippen LogP contribution in [0.4, 0.5) is 0 Å². The van der Waals surface area contributed by atoms with E-state index in [2.05, 4.69) is 15.6 Å². The number of esters is 1. The van der Waals surface area contributed by atoms with Gasteiger partial charge in [0.1, 0.15) is 11.1 Å². The smallest absolute Gasteiger partial charge is 0.303 e. The number of rotatable bonds is 9. The molecule has 2 atom stereocenters. The van der Waals surface area contributed by atoms with Crippen LogP contribution in [0.2, 0.25) is 0 Å². The highest BCUT2D eigenvalue weighted by Crippen LogP contribution is 2.32. The maximum Gasteiger partial charge on any atom is 0.303 e. The van der Waals surface area contributed by atoms with Gasteiger partial charge in [-0.25, -0.2) is 0 Å². The molecule has 2 aromatic heterocycles. The number of nitrogens with zero attached hydrogens (tertiary/aromatic N) is 1. The van der Waals surface area contributed by atoms with Crippen molar-refractivity contribution in [2.75, 3.05) is 13.7 Å². The van der Waals surface area contributed by atoms with E-state index in [1.165, 1.54) is 18.6 Å². The lowest BCUT2D eigenvalue weighted by molar-refractivity contribution is -0.146. The number of ether oxygens (including phenoxy) is 2. The molecule has 11 heteroatoms. The van der Waals surface area contributed by atoms with Gasteiger partial charge in [-0.1, -0.05) is 48.5 Å². The summed E-state index contributed by atoms with van der Waals surface area (Å²) in [5.74, 6) is -1.50. The second-order valence-electron chi connectivity index (χ2n) is 10.4. The van der Waals surface area contributed by atoms with Crippen LogP contribution >= 0.6 is 0 Å². The molecule has 1 saturated carbocycles. The Morgan fingerprint density at radius 3 is 2.38 bits per heavy atom. The first kappa shape index (κ1) is 28.6. The van der Waals surface area contributed by atoms with Crippen molar-refractivity contribution in [3.63, 3.8) is 0 Å². The number of aromatic amines is 1. The van der Waals surface area contributed by atoms with Gasteiger partial charge in [0.25, 0.3) is 17.4 Å². The highest BCUT2D eigenvalue weighted by Gasteiger charge is 2.29. The van der Waals surface area contributed by atoms with Crippen LogP contribution in [-0.4, -0.2) is 58.9 Å². The molecule has 2 amide bonds. The van der Waals surface area contributed by atoms with Crippen LogP contribution in [0, 0.1) is 0 Å². The van der Waals surface area contributed by atoms with Crippen LogP contribution in [0.1, 0.15) is 53.5 Å². The Morgan fingerprint density at radius 1 is 0.976 bits per heavy atom. The minimum absolute atomic E-state index is 0.0983. The van der Waals surface area contributed by atoms with E-state index < -0.39 is 23.3 Å². The molecule has 1 fully saturated rings. The third-order valence-corrected chi connectivity index (χ3v) is 7.49. The fourth-order valence-corrected chi connectivity index (χ4v) is 5.58. The number of carbonyl (C=O) groups is 4. The molecule has 5 rings (SSSR count). The van der Waals surface area contributed by atoms with E-state index in [-0.39, 0.29) is 47.8 Å². The number of carbonyl (C=O) groups excluding carboxylic acids is 4. The molecule has 42 heavy (non-hydrogen) atoms. The van der Waals surface area contributed by atoms with Crippen LogP contribution < -0.4 is 20.9 Å². The average molecular weight is 573 g/mol. The number of hydrogen-bond donors (Lipinski definition) is 3. The second-order valence-corrected chi connectivity index (χ2v) is 10.4. The van der Waals surface area contributed by atoms with Crippen molar-refractivity contribution in [2.24, 2.45) is 0 Å². The zero-order chi connectivity index (χ0) is 29.8. The molecule has 0 radical (unpaired) electrons. The summed E-state index contributed by atoms with van der Waals surface area (Å²) in [5.41, 5.74) is 1.13. The van der Waals surface area contributed by atoms with E-state index in [1.807, 2.05) is 18.2 Å². The van der Waals surface area contributed by atoms with Gasteiger partial charge < -0.3 is 25.1 Å². The number of pyridine rings is 1. The van der Waals surface area contributed by atoms with Crippen molar-refractivity contribution in [3.05, 3.63) is 76.2 Å².